The highest BCUT2D eigenvalue weighted by atomic mass is 16.5. The van der Waals surface area contributed by atoms with Crippen LogP contribution in [0.25, 0.3) is 0 Å². The van der Waals surface area contributed by atoms with E-state index in [4.69, 9.17) is 14.2 Å². The van der Waals surface area contributed by atoms with Crippen molar-refractivity contribution in [3.63, 3.8) is 0 Å². The third-order valence-electron chi connectivity index (χ3n) is 4.63. The number of hydrogen-bond acceptors (Lipinski definition) is 5. The van der Waals surface area contributed by atoms with Gasteiger partial charge in [-0.3, -0.25) is 4.79 Å². The Labute approximate surface area is 182 Å². The molecule has 0 unspecified atom stereocenters. The molecule has 0 aliphatic carbocycles. The second-order valence-corrected chi connectivity index (χ2v) is 7.11. The number of aryl methyl sites for hydroxylation is 2. The number of amides is 1. The van der Waals surface area contributed by atoms with Crippen LogP contribution < -0.4 is 19.5 Å². The molecule has 0 bridgehead atoms. The highest BCUT2D eigenvalue weighted by molar-refractivity contribution is 5.92. The van der Waals surface area contributed by atoms with Crippen molar-refractivity contribution in [1.29, 1.82) is 0 Å². The third kappa shape index (κ3) is 6.01. The van der Waals surface area contributed by atoms with Gasteiger partial charge < -0.3 is 19.5 Å². The van der Waals surface area contributed by atoms with Gasteiger partial charge in [0.25, 0.3) is 5.91 Å². The SMILES string of the molecule is CCOc1ccc(CNC(=O)c2ccn(COc3cc(C)ccc3C)n2)cc1OCC. The maximum Gasteiger partial charge on any atom is 0.272 e. The molecular formula is C24H29N3O4. The van der Waals surface area contributed by atoms with E-state index in [1.54, 1.807) is 16.9 Å². The topological polar surface area (TPSA) is 74.6 Å². The molecule has 0 atom stereocenters. The maximum atomic E-state index is 12.5. The van der Waals surface area contributed by atoms with E-state index in [1.807, 2.05) is 64.1 Å². The maximum absolute atomic E-state index is 12.5. The van der Waals surface area contributed by atoms with Crippen molar-refractivity contribution in [2.45, 2.75) is 41.0 Å². The summed E-state index contributed by atoms with van der Waals surface area (Å²) < 4.78 is 18.6. The number of carbonyl (C=O) groups excluding carboxylic acids is 1. The van der Waals surface area contributed by atoms with Crippen molar-refractivity contribution in [3.05, 3.63) is 71.0 Å². The smallest absolute Gasteiger partial charge is 0.272 e. The molecule has 1 N–H and O–H groups in total. The van der Waals surface area contributed by atoms with Crippen LogP contribution in [0.15, 0.2) is 48.7 Å². The first-order valence-corrected chi connectivity index (χ1v) is 10.4. The summed E-state index contributed by atoms with van der Waals surface area (Å²) in [6, 6.07) is 13.4. The Morgan fingerprint density at radius 2 is 1.71 bits per heavy atom. The molecule has 0 aliphatic rings. The lowest BCUT2D eigenvalue weighted by Crippen LogP contribution is -2.23. The van der Waals surface area contributed by atoms with Gasteiger partial charge in [-0.25, -0.2) is 4.68 Å². The van der Waals surface area contributed by atoms with Crippen molar-refractivity contribution in [2.24, 2.45) is 0 Å². The number of ether oxygens (including phenoxy) is 3. The Kier molecular flexibility index (Phi) is 7.54. The summed E-state index contributed by atoms with van der Waals surface area (Å²) in [6.07, 6.45) is 1.73. The van der Waals surface area contributed by atoms with E-state index < -0.39 is 0 Å². The largest absolute Gasteiger partial charge is 0.490 e. The summed E-state index contributed by atoms with van der Waals surface area (Å²) in [5.74, 6) is 1.92. The molecule has 0 saturated carbocycles. The van der Waals surface area contributed by atoms with E-state index in [0.29, 0.717) is 37.0 Å². The average molecular weight is 424 g/mol. The van der Waals surface area contributed by atoms with Gasteiger partial charge in [0, 0.05) is 12.7 Å². The molecule has 1 heterocycles. The van der Waals surface area contributed by atoms with Gasteiger partial charge in [-0.2, -0.15) is 5.10 Å². The number of carbonyl (C=O) groups is 1. The molecule has 7 heteroatoms. The molecule has 0 radical (unpaired) electrons. The molecule has 2 aromatic carbocycles. The van der Waals surface area contributed by atoms with Gasteiger partial charge in [0.1, 0.15) is 11.4 Å². The second-order valence-electron chi connectivity index (χ2n) is 7.11. The monoisotopic (exact) mass is 423 g/mol. The summed E-state index contributed by atoms with van der Waals surface area (Å²) in [5.41, 5.74) is 3.43. The Bertz CT molecular complexity index is 1030. The number of nitrogens with zero attached hydrogens (tertiary/aromatic N) is 2. The average Bonchev–Trinajstić information content (AvgIpc) is 3.24. The molecule has 164 valence electrons. The van der Waals surface area contributed by atoms with E-state index >= 15 is 0 Å². The minimum atomic E-state index is -0.252. The zero-order valence-electron chi connectivity index (χ0n) is 18.5. The summed E-state index contributed by atoms with van der Waals surface area (Å²) in [6.45, 7) is 9.55. The van der Waals surface area contributed by atoms with Crippen LogP contribution in [0, 0.1) is 13.8 Å². The van der Waals surface area contributed by atoms with E-state index in [-0.39, 0.29) is 12.6 Å². The van der Waals surface area contributed by atoms with Crippen LogP contribution in [0.2, 0.25) is 0 Å². The standard InChI is InChI=1S/C24H29N3O4/c1-5-29-21-10-9-19(14-23(21)30-6-2)15-25-24(28)20-11-12-27(26-20)16-31-22-13-17(3)7-8-18(22)4/h7-14H,5-6,15-16H2,1-4H3,(H,25,28). The fourth-order valence-electron chi connectivity index (χ4n) is 3.03. The van der Waals surface area contributed by atoms with Gasteiger partial charge in [-0.1, -0.05) is 18.2 Å². The zero-order chi connectivity index (χ0) is 22.2. The Hall–Kier alpha value is -3.48. The van der Waals surface area contributed by atoms with Crippen LogP contribution in [-0.2, 0) is 13.3 Å². The predicted molar refractivity (Wildman–Crippen MR) is 119 cm³/mol. The first kappa shape index (κ1) is 22.2. The minimum absolute atomic E-state index is 0.230. The normalized spacial score (nSPS) is 10.6. The molecule has 0 aliphatic heterocycles. The molecule has 31 heavy (non-hydrogen) atoms. The Balaban J connectivity index is 1.57. The first-order valence-electron chi connectivity index (χ1n) is 10.4. The molecule has 1 amide bonds. The summed E-state index contributed by atoms with van der Waals surface area (Å²) in [4.78, 5) is 12.5. The van der Waals surface area contributed by atoms with Gasteiger partial charge in [0.15, 0.2) is 18.2 Å². The van der Waals surface area contributed by atoms with Gasteiger partial charge in [0.2, 0.25) is 0 Å². The predicted octanol–water partition coefficient (Wildman–Crippen LogP) is 4.26. The van der Waals surface area contributed by atoms with Crippen LogP contribution in [0.5, 0.6) is 17.2 Å². The Morgan fingerprint density at radius 3 is 2.48 bits per heavy atom. The summed E-state index contributed by atoms with van der Waals surface area (Å²) in [5, 5.41) is 7.20. The first-order chi connectivity index (χ1) is 15.0. The lowest BCUT2D eigenvalue weighted by atomic mass is 10.1. The van der Waals surface area contributed by atoms with E-state index in [9.17, 15) is 4.79 Å². The Morgan fingerprint density at radius 1 is 0.935 bits per heavy atom. The lowest BCUT2D eigenvalue weighted by molar-refractivity contribution is 0.0943. The van der Waals surface area contributed by atoms with E-state index in [0.717, 1.165) is 22.4 Å². The minimum Gasteiger partial charge on any atom is -0.490 e. The lowest BCUT2D eigenvalue weighted by Gasteiger charge is -2.12. The van der Waals surface area contributed by atoms with Crippen LogP contribution in [0.3, 0.4) is 0 Å². The van der Waals surface area contributed by atoms with Crippen molar-refractivity contribution in [2.75, 3.05) is 13.2 Å². The van der Waals surface area contributed by atoms with Gasteiger partial charge in [-0.05, 0) is 68.7 Å². The van der Waals surface area contributed by atoms with Crippen molar-refractivity contribution >= 4 is 5.91 Å². The van der Waals surface area contributed by atoms with E-state index in [2.05, 4.69) is 10.4 Å². The van der Waals surface area contributed by atoms with Crippen LogP contribution in [0.4, 0.5) is 0 Å². The van der Waals surface area contributed by atoms with Crippen molar-refractivity contribution in [3.8, 4) is 17.2 Å². The molecular weight excluding hydrogens is 394 g/mol. The molecule has 1 aromatic heterocycles. The number of benzene rings is 2. The van der Waals surface area contributed by atoms with Crippen LogP contribution in [0.1, 0.15) is 41.0 Å². The van der Waals surface area contributed by atoms with Crippen LogP contribution >= 0.6 is 0 Å². The fourth-order valence-corrected chi connectivity index (χ4v) is 3.03. The molecule has 0 fully saturated rings. The molecule has 0 saturated heterocycles. The number of aromatic nitrogens is 2. The highest BCUT2D eigenvalue weighted by Crippen LogP contribution is 2.28. The number of rotatable bonds is 10. The quantitative estimate of drug-likeness (QED) is 0.527. The second kappa shape index (κ2) is 10.5. The fraction of sp³-hybridized carbons (Fsp3) is 0.333. The van der Waals surface area contributed by atoms with Crippen molar-refractivity contribution in [1.82, 2.24) is 15.1 Å². The number of hydrogen-bond donors (Lipinski definition) is 1. The van der Waals surface area contributed by atoms with Gasteiger partial charge in [-0.15, -0.1) is 0 Å². The van der Waals surface area contributed by atoms with Crippen molar-refractivity contribution < 1.29 is 19.0 Å². The van der Waals surface area contributed by atoms with Gasteiger partial charge >= 0.3 is 0 Å². The van der Waals surface area contributed by atoms with Crippen LogP contribution in [-0.4, -0.2) is 28.9 Å². The number of nitrogens with one attached hydrogen (secondary N) is 1. The third-order valence-corrected chi connectivity index (χ3v) is 4.63. The highest BCUT2D eigenvalue weighted by Gasteiger charge is 2.11. The summed E-state index contributed by atoms with van der Waals surface area (Å²) >= 11 is 0. The van der Waals surface area contributed by atoms with Gasteiger partial charge in [0.05, 0.1) is 13.2 Å². The molecule has 3 aromatic rings. The molecule has 7 nitrogen and oxygen atoms in total. The molecule has 3 rings (SSSR count). The zero-order valence-corrected chi connectivity index (χ0v) is 18.5. The molecule has 0 spiro atoms. The van der Waals surface area contributed by atoms with E-state index in [1.165, 1.54) is 0 Å². The summed E-state index contributed by atoms with van der Waals surface area (Å²) in [7, 11) is 0.